The molecule has 12 atom stereocenters. The van der Waals surface area contributed by atoms with Crippen molar-refractivity contribution in [2.24, 2.45) is 0 Å². The summed E-state index contributed by atoms with van der Waals surface area (Å²) in [6.45, 7) is 2.35. The number of carbonyl (C=O) groups is 1. The lowest BCUT2D eigenvalue weighted by molar-refractivity contribution is -0.359. The Morgan fingerprint density at radius 2 is 1.38 bits per heavy atom. The largest absolute Gasteiger partial charge is 0.394 e. The van der Waals surface area contributed by atoms with Gasteiger partial charge in [0, 0.05) is 6.42 Å². The van der Waals surface area contributed by atoms with Crippen molar-refractivity contribution in [3.05, 3.63) is 48.6 Å². The number of hydrogen-bond donors (Lipinski definition) is 9. The van der Waals surface area contributed by atoms with Gasteiger partial charge in [-0.3, -0.25) is 4.79 Å². The first-order chi connectivity index (χ1) is 24.1. The second-order valence-corrected chi connectivity index (χ2v) is 12.6. The fourth-order valence-electron chi connectivity index (χ4n) is 5.48. The Kier molecular flexibility index (Phi) is 22.1. The van der Waals surface area contributed by atoms with Crippen LogP contribution in [-0.4, -0.2) is 140 Å². The van der Waals surface area contributed by atoms with Crippen LogP contribution in [0.25, 0.3) is 0 Å². The molecule has 2 aliphatic rings. The average Bonchev–Trinajstić information content (AvgIpc) is 3.11. The fourth-order valence-corrected chi connectivity index (χ4v) is 5.48. The number of ether oxygens (including phenoxy) is 4. The summed E-state index contributed by atoms with van der Waals surface area (Å²) in [4.78, 5) is 12.8. The highest BCUT2D eigenvalue weighted by molar-refractivity contribution is 5.76. The molecule has 0 saturated carbocycles. The van der Waals surface area contributed by atoms with Crippen LogP contribution in [0.3, 0.4) is 0 Å². The molecule has 14 nitrogen and oxygen atoms in total. The predicted octanol–water partition coefficient (Wildman–Crippen LogP) is 0.638. The smallest absolute Gasteiger partial charge is 0.220 e. The van der Waals surface area contributed by atoms with E-state index in [1.54, 1.807) is 12.2 Å². The Morgan fingerprint density at radius 1 is 0.740 bits per heavy atom. The minimum absolute atomic E-state index is 0.241. The molecule has 2 saturated heterocycles. The number of nitrogens with one attached hydrogen (secondary N) is 1. The molecule has 12 unspecified atom stereocenters. The summed E-state index contributed by atoms with van der Waals surface area (Å²) in [6, 6.07) is -0.923. The third-order valence-electron chi connectivity index (χ3n) is 8.50. The number of rotatable bonds is 23. The second kappa shape index (κ2) is 25.0. The van der Waals surface area contributed by atoms with Crippen LogP contribution in [0, 0.1) is 0 Å². The molecule has 9 N–H and O–H groups in total. The summed E-state index contributed by atoms with van der Waals surface area (Å²) in [6.07, 6.45) is 7.20. The number of aliphatic hydroxyl groups is 8. The third-order valence-corrected chi connectivity index (χ3v) is 8.50. The van der Waals surface area contributed by atoms with E-state index in [2.05, 4.69) is 48.7 Å². The van der Waals surface area contributed by atoms with Gasteiger partial charge in [0.25, 0.3) is 0 Å². The van der Waals surface area contributed by atoms with Crippen molar-refractivity contribution < 1.29 is 64.6 Å². The predicted molar refractivity (Wildman–Crippen MR) is 184 cm³/mol. The zero-order valence-corrected chi connectivity index (χ0v) is 29.4. The van der Waals surface area contributed by atoms with Crippen molar-refractivity contribution >= 4 is 5.91 Å². The molecule has 0 aromatic rings. The molecule has 2 aliphatic heterocycles. The highest BCUT2D eigenvalue weighted by Crippen LogP contribution is 2.29. The Morgan fingerprint density at radius 3 is 2.04 bits per heavy atom. The molecule has 0 spiro atoms. The van der Waals surface area contributed by atoms with E-state index in [9.17, 15) is 45.6 Å². The average molecular weight is 716 g/mol. The Hall–Kier alpha value is -2.05. The topological polar surface area (TPSA) is 228 Å². The lowest BCUT2D eigenvalue weighted by Gasteiger charge is -2.46. The fraction of sp³-hybridized carbons (Fsp3) is 0.750. The van der Waals surface area contributed by atoms with E-state index < -0.39 is 86.8 Å². The van der Waals surface area contributed by atoms with Gasteiger partial charge in [0.1, 0.15) is 48.8 Å². The molecule has 2 fully saturated rings. The number of unbranched alkanes of at least 4 members (excludes halogenated alkanes) is 4. The summed E-state index contributed by atoms with van der Waals surface area (Å²) in [5.74, 6) is -0.286. The van der Waals surface area contributed by atoms with E-state index in [1.165, 1.54) is 0 Å². The van der Waals surface area contributed by atoms with E-state index >= 15 is 0 Å². The van der Waals surface area contributed by atoms with E-state index in [1.807, 2.05) is 6.92 Å². The molecule has 1 amide bonds. The van der Waals surface area contributed by atoms with Crippen LogP contribution < -0.4 is 5.32 Å². The van der Waals surface area contributed by atoms with Gasteiger partial charge in [0.2, 0.25) is 5.91 Å². The molecular formula is C36H61NO13. The van der Waals surface area contributed by atoms with Gasteiger partial charge in [0.15, 0.2) is 12.6 Å². The standard InChI is InChI=1S/C36H61NO13/c1-3-5-7-8-9-10-11-12-13-14-15-16-18-20-28(41)37-24(25(40)19-17-6-4-2)23-47-35-33(46)31(44)34(27(22-39)49-35)50-36-32(45)30(43)29(42)26(21-38)48-36/h5,7,9-10,12-13,17,19,24-27,29-36,38-40,42-46H,3-4,6,8,11,14-16,18,20-23H2,1-2H3,(H,37,41)/b7-5-,10-9-,13-12-,19-17+. The van der Waals surface area contributed by atoms with Gasteiger partial charge in [-0.25, -0.2) is 0 Å². The SMILES string of the molecule is CC/C=C\C/C=C\C/C=C\CCCCCC(=O)NC(COC1OC(CO)C(OC2OC(CO)C(O)C(O)C2O)C(O)C1O)C(O)/C=C/CCC. The van der Waals surface area contributed by atoms with Gasteiger partial charge in [-0.2, -0.15) is 0 Å². The molecule has 14 heteroatoms. The lowest BCUT2D eigenvalue weighted by Crippen LogP contribution is -2.65. The first-order valence-electron chi connectivity index (χ1n) is 17.9. The summed E-state index contributed by atoms with van der Waals surface area (Å²) in [7, 11) is 0. The van der Waals surface area contributed by atoms with E-state index in [-0.39, 0.29) is 18.9 Å². The van der Waals surface area contributed by atoms with Crippen LogP contribution in [0.1, 0.15) is 78.1 Å². The first-order valence-corrected chi connectivity index (χ1v) is 17.9. The van der Waals surface area contributed by atoms with Crippen LogP contribution in [0.4, 0.5) is 0 Å². The van der Waals surface area contributed by atoms with Crippen molar-refractivity contribution in [2.75, 3.05) is 19.8 Å². The molecule has 0 radical (unpaired) electrons. The van der Waals surface area contributed by atoms with Crippen molar-refractivity contribution in [1.82, 2.24) is 5.32 Å². The summed E-state index contributed by atoms with van der Waals surface area (Å²) in [5.41, 5.74) is 0. The third kappa shape index (κ3) is 14.9. The second-order valence-electron chi connectivity index (χ2n) is 12.6. The first kappa shape index (κ1) is 44.1. The van der Waals surface area contributed by atoms with Gasteiger partial charge in [-0.05, 0) is 44.9 Å². The molecule has 2 rings (SSSR count). The molecular weight excluding hydrogens is 654 g/mol. The number of allylic oxidation sites excluding steroid dienone is 7. The molecule has 0 bridgehead atoms. The number of amides is 1. The number of carbonyl (C=O) groups excluding carboxylic acids is 1. The highest BCUT2D eigenvalue weighted by Gasteiger charge is 2.50. The van der Waals surface area contributed by atoms with Crippen molar-refractivity contribution in [1.29, 1.82) is 0 Å². The molecule has 288 valence electrons. The van der Waals surface area contributed by atoms with Gasteiger partial charge in [-0.1, -0.05) is 75.3 Å². The zero-order valence-electron chi connectivity index (χ0n) is 29.4. The van der Waals surface area contributed by atoms with Crippen molar-refractivity contribution in [3.8, 4) is 0 Å². The van der Waals surface area contributed by atoms with Crippen LogP contribution in [-0.2, 0) is 23.7 Å². The van der Waals surface area contributed by atoms with E-state index in [4.69, 9.17) is 18.9 Å². The maximum atomic E-state index is 12.8. The lowest BCUT2D eigenvalue weighted by atomic mass is 9.97. The monoisotopic (exact) mass is 715 g/mol. The van der Waals surface area contributed by atoms with Gasteiger partial charge in [0.05, 0.1) is 32.0 Å². The molecule has 50 heavy (non-hydrogen) atoms. The van der Waals surface area contributed by atoms with Gasteiger partial charge >= 0.3 is 0 Å². The Labute approximate surface area is 295 Å². The minimum Gasteiger partial charge on any atom is -0.394 e. The number of aliphatic hydroxyl groups excluding tert-OH is 8. The molecule has 2 heterocycles. The maximum absolute atomic E-state index is 12.8. The molecule has 0 aromatic heterocycles. The molecule has 0 aliphatic carbocycles. The number of hydrogen-bond acceptors (Lipinski definition) is 13. The maximum Gasteiger partial charge on any atom is 0.220 e. The quantitative estimate of drug-likeness (QED) is 0.0524. The van der Waals surface area contributed by atoms with Gasteiger partial charge in [-0.15, -0.1) is 0 Å². The van der Waals surface area contributed by atoms with Gasteiger partial charge < -0.3 is 65.1 Å². The van der Waals surface area contributed by atoms with E-state index in [0.29, 0.717) is 12.8 Å². The Balaban J connectivity index is 1.90. The summed E-state index contributed by atoms with van der Waals surface area (Å²) in [5, 5.41) is 85.2. The summed E-state index contributed by atoms with van der Waals surface area (Å²) >= 11 is 0. The van der Waals surface area contributed by atoms with E-state index in [0.717, 1.165) is 44.9 Å². The van der Waals surface area contributed by atoms with Crippen LogP contribution in [0.15, 0.2) is 48.6 Å². The van der Waals surface area contributed by atoms with Crippen molar-refractivity contribution in [3.63, 3.8) is 0 Å². The normalized spacial score (nSPS) is 32.0. The van der Waals surface area contributed by atoms with Crippen LogP contribution in [0.2, 0.25) is 0 Å². The zero-order chi connectivity index (χ0) is 36.9. The summed E-state index contributed by atoms with van der Waals surface area (Å²) < 4.78 is 22.3. The highest BCUT2D eigenvalue weighted by atomic mass is 16.7. The van der Waals surface area contributed by atoms with Crippen LogP contribution >= 0.6 is 0 Å². The van der Waals surface area contributed by atoms with Crippen molar-refractivity contribution in [2.45, 2.75) is 152 Å². The Bertz CT molecular complexity index is 1040. The minimum atomic E-state index is -1.79. The molecule has 0 aromatic carbocycles. The van der Waals surface area contributed by atoms with Crippen LogP contribution in [0.5, 0.6) is 0 Å².